The first kappa shape index (κ1) is 19.3. The van der Waals surface area contributed by atoms with Gasteiger partial charge in [0.25, 0.3) is 5.91 Å². The minimum absolute atomic E-state index is 0.327. The minimum Gasteiger partial charge on any atom is -0.493 e. The maximum Gasteiger partial charge on any atom is 0.344 e. The highest BCUT2D eigenvalue weighted by atomic mass is 16.6. The number of esters is 1. The molecule has 2 aromatic carbocycles. The van der Waals surface area contributed by atoms with Gasteiger partial charge in [-0.15, -0.1) is 0 Å². The smallest absolute Gasteiger partial charge is 0.344 e. The summed E-state index contributed by atoms with van der Waals surface area (Å²) in [4.78, 5) is 23.8. The van der Waals surface area contributed by atoms with E-state index in [2.05, 4.69) is 5.32 Å². The lowest BCUT2D eigenvalue weighted by Crippen LogP contribution is -2.31. The van der Waals surface area contributed by atoms with Crippen molar-refractivity contribution < 1.29 is 28.2 Å². The fourth-order valence-electron chi connectivity index (χ4n) is 2.63. The maximum atomic E-state index is 12.0. The lowest BCUT2D eigenvalue weighted by atomic mass is 10.2. The first-order valence-corrected chi connectivity index (χ1v) is 8.76. The molecule has 28 heavy (non-hydrogen) atoms. The number of furan rings is 1. The Labute approximate surface area is 162 Å². The van der Waals surface area contributed by atoms with Crippen LogP contribution in [0.4, 0.5) is 0 Å². The molecule has 1 amide bonds. The Morgan fingerprint density at radius 2 is 1.75 bits per heavy atom. The zero-order valence-electron chi connectivity index (χ0n) is 15.6. The van der Waals surface area contributed by atoms with E-state index in [-0.39, 0.29) is 12.6 Å². The molecule has 0 saturated carbocycles. The zero-order chi connectivity index (χ0) is 19.9. The van der Waals surface area contributed by atoms with Gasteiger partial charge in [0.15, 0.2) is 24.7 Å². The van der Waals surface area contributed by atoms with E-state index in [1.165, 1.54) is 7.11 Å². The highest BCUT2D eigenvalue weighted by molar-refractivity contribution is 5.82. The monoisotopic (exact) mass is 383 g/mol. The molecule has 0 aliphatic heterocycles. The van der Waals surface area contributed by atoms with Crippen LogP contribution < -0.4 is 14.8 Å². The van der Waals surface area contributed by atoms with Gasteiger partial charge in [-0.1, -0.05) is 30.3 Å². The summed E-state index contributed by atoms with van der Waals surface area (Å²) < 4.78 is 21.2. The van der Waals surface area contributed by atoms with Crippen LogP contribution in [-0.4, -0.2) is 32.2 Å². The highest BCUT2D eigenvalue weighted by Gasteiger charge is 2.16. The summed E-state index contributed by atoms with van der Waals surface area (Å²) in [6.07, 6.45) is 0. The SMILES string of the molecule is COc1ccccc1OCC(=O)OCC(=O)N[C@H](C)c1cc2ccccc2o1. The lowest BCUT2D eigenvalue weighted by Gasteiger charge is -2.12. The van der Waals surface area contributed by atoms with Crippen LogP contribution in [0.3, 0.4) is 0 Å². The Morgan fingerprint density at radius 1 is 1.04 bits per heavy atom. The molecular weight excluding hydrogens is 362 g/mol. The first-order valence-electron chi connectivity index (χ1n) is 8.76. The molecule has 1 atom stereocenters. The van der Waals surface area contributed by atoms with E-state index >= 15 is 0 Å². The number of nitrogens with one attached hydrogen (secondary N) is 1. The van der Waals surface area contributed by atoms with Gasteiger partial charge in [-0.25, -0.2) is 4.79 Å². The number of hydrogen-bond donors (Lipinski definition) is 1. The van der Waals surface area contributed by atoms with Gasteiger partial charge < -0.3 is 23.9 Å². The Balaban J connectivity index is 1.45. The van der Waals surface area contributed by atoms with Crippen LogP contribution in [0, 0.1) is 0 Å². The van der Waals surface area contributed by atoms with Crippen LogP contribution in [0.25, 0.3) is 11.0 Å². The molecule has 0 aliphatic rings. The summed E-state index contributed by atoms with van der Waals surface area (Å²) in [7, 11) is 1.51. The lowest BCUT2D eigenvalue weighted by molar-refractivity contribution is -0.150. The fourth-order valence-corrected chi connectivity index (χ4v) is 2.63. The summed E-state index contributed by atoms with van der Waals surface area (Å²) in [6.45, 7) is 1.06. The van der Waals surface area contributed by atoms with Crippen molar-refractivity contribution in [3.8, 4) is 11.5 Å². The van der Waals surface area contributed by atoms with Gasteiger partial charge in [0.05, 0.1) is 13.2 Å². The number of amides is 1. The molecule has 7 heteroatoms. The van der Waals surface area contributed by atoms with Crippen molar-refractivity contribution in [1.82, 2.24) is 5.32 Å². The summed E-state index contributed by atoms with van der Waals surface area (Å²) in [6, 6.07) is 16.0. The van der Waals surface area contributed by atoms with E-state index in [1.807, 2.05) is 30.3 Å². The minimum atomic E-state index is -0.655. The summed E-state index contributed by atoms with van der Waals surface area (Å²) in [5.74, 6) is 0.467. The van der Waals surface area contributed by atoms with E-state index in [0.717, 1.165) is 11.0 Å². The number of carbonyl (C=O) groups excluding carboxylic acids is 2. The Kier molecular flexibility index (Phi) is 6.16. The van der Waals surface area contributed by atoms with Gasteiger partial charge in [0, 0.05) is 5.39 Å². The van der Waals surface area contributed by atoms with Crippen molar-refractivity contribution in [2.24, 2.45) is 0 Å². The third kappa shape index (κ3) is 4.82. The number of ether oxygens (including phenoxy) is 3. The van der Waals surface area contributed by atoms with E-state index < -0.39 is 18.5 Å². The van der Waals surface area contributed by atoms with Gasteiger partial charge in [-0.05, 0) is 31.2 Å². The summed E-state index contributed by atoms with van der Waals surface area (Å²) >= 11 is 0. The molecule has 3 aromatic rings. The number of fused-ring (bicyclic) bond motifs is 1. The van der Waals surface area contributed by atoms with Crippen LogP contribution in [-0.2, 0) is 14.3 Å². The summed E-state index contributed by atoms with van der Waals surface area (Å²) in [5, 5.41) is 3.69. The molecule has 0 spiro atoms. The molecule has 0 fully saturated rings. The molecule has 146 valence electrons. The molecular formula is C21H21NO6. The Bertz CT molecular complexity index is 931. The topological polar surface area (TPSA) is 87.0 Å². The molecule has 1 N–H and O–H groups in total. The third-order valence-corrected chi connectivity index (χ3v) is 4.03. The van der Waals surface area contributed by atoms with Crippen molar-refractivity contribution in [3.63, 3.8) is 0 Å². The van der Waals surface area contributed by atoms with Crippen molar-refractivity contribution >= 4 is 22.8 Å². The van der Waals surface area contributed by atoms with Crippen LogP contribution in [0.2, 0.25) is 0 Å². The van der Waals surface area contributed by atoms with Gasteiger partial charge in [0.1, 0.15) is 11.3 Å². The van der Waals surface area contributed by atoms with E-state index in [9.17, 15) is 9.59 Å². The molecule has 0 aliphatic carbocycles. The average molecular weight is 383 g/mol. The third-order valence-electron chi connectivity index (χ3n) is 4.03. The van der Waals surface area contributed by atoms with Gasteiger partial charge in [0.2, 0.25) is 0 Å². The second kappa shape index (κ2) is 8.94. The largest absolute Gasteiger partial charge is 0.493 e. The zero-order valence-corrected chi connectivity index (χ0v) is 15.6. The number of carbonyl (C=O) groups is 2. The van der Waals surface area contributed by atoms with E-state index in [4.69, 9.17) is 18.6 Å². The maximum absolute atomic E-state index is 12.0. The first-order chi connectivity index (χ1) is 13.6. The number of benzene rings is 2. The molecule has 1 aromatic heterocycles. The molecule has 0 saturated heterocycles. The second-order valence-corrected chi connectivity index (χ2v) is 6.08. The van der Waals surface area contributed by atoms with Gasteiger partial charge in [-0.3, -0.25) is 4.79 Å². The molecule has 3 rings (SSSR count). The van der Waals surface area contributed by atoms with Crippen LogP contribution in [0.15, 0.2) is 59.0 Å². The molecule has 0 bridgehead atoms. The van der Waals surface area contributed by atoms with Crippen LogP contribution >= 0.6 is 0 Å². The van der Waals surface area contributed by atoms with Crippen molar-refractivity contribution in [2.75, 3.05) is 20.3 Å². The van der Waals surface area contributed by atoms with E-state index in [0.29, 0.717) is 17.3 Å². The van der Waals surface area contributed by atoms with Crippen LogP contribution in [0.5, 0.6) is 11.5 Å². The predicted octanol–water partition coefficient (Wildman–Crippen LogP) is 3.24. The predicted molar refractivity (Wildman–Crippen MR) is 102 cm³/mol. The number of hydrogen-bond acceptors (Lipinski definition) is 6. The average Bonchev–Trinajstić information content (AvgIpc) is 3.15. The van der Waals surface area contributed by atoms with Crippen molar-refractivity contribution in [1.29, 1.82) is 0 Å². The standard InChI is InChI=1S/C21H21NO6/c1-14(19-11-15-7-3-4-8-16(15)28-19)22-20(23)12-27-21(24)13-26-18-10-6-5-9-17(18)25-2/h3-11,14H,12-13H2,1-2H3,(H,22,23)/t14-/m1/s1. The summed E-state index contributed by atoms with van der Waals surface area (Å²) in [5.41, 5.74) is 0.749. The number of rotatable bonds is 8. The fraction of sp³-hybridized carbons (Fsp3) is 0.238. The number of para-hydroxylation sites is 3. The molecule has 1 heterocycles. The Hall–Kier alpha value is -3.48. The van der Waals surface area contributed by atoms with Crippen molar-refractivity contribution in [2.45, 2.75) is 13.0 Å². The molecule has 0 radical (unpaired) electrons. The second-order valence-electron chi connectivity index (χ2n) is 6.08. The molecule has 7 nitrogen and oxygen atoms in total. The van der Waals surface area contributed by atoms with Crippen molar-refractivity contribution in [3.05, 3.63) is 60.4 Å². The molecule has 0 unspecified atom stereocenters. The highest BCUT2D eigenvalue weighted by Crippen LogP contribution is 2.25. The number of methoxy groups -OCH3 is 1. The quantitative estimate of drug-likeness (QED) is 0.601. The Morgan fingerprint density at radius 3 is 2.50 bits per heavy atom. The van der Waals surface area contributed by atoms with E-state index in [1.54, 1.807) is 31.2 Å². The van der Waals surface area contributed by atoms with Gasteiger partial charge >= 0.3 is 5.97 Å². The van der Waals surface area contributed by atoms with Gasteiger partial charge in [-0.2, -0.15) is 0 Å². The van der Waals surface area contributed by atoms with Crippen LogP contribution in [0.1, 0.15) is 18.7 Å². The normalized spacial score (nSPS) is 11.6.